The highest BCUT2D eigenvalue weighted by Crippen LogP contribution is 2.34. The molecule has 5 rings (SSSR count). The number of H-pyrrole nitrogens is 1. The molecule has 0 saturated carbocycles. The highest BCUT2D eigenvalue weighted by atomic mass is 16.5. The second-order valence-electron chi connectivity index (χ2n) is 7.60. The molecular formula is C27H23N3O2. The third-order valence-corrected chi connectivity index (χ3v) is 5.54. The third-order valence-electron chi connectivity index (χ3n) is 5.54. The van der Waals surface area contributed by atoms with Crippen molar-refractivity contribution in [2.45, 2.75) is 13.8 Å². The third kappa shape index (κ3) is 3.38. The number of aryl methyl sites for hydroxylation is 1. The van der Waals surface area contributed by atoms with Crippen LogP contribution in [0.1, 0.15) is 12.6 Å². The highest BCUT2D eigenvalue weighted by Gasteiger charge is 2.21. The topological polar surface area (TPSA) is 59.4 Å². The molecule has 0 spiro atoms. The smallest absolute Gasteiger partial charge is 0.282 e. The van der Waals surface area contributed by atoms with Crippen LogP contribution in [0.2, 0.25) is 0 Å². The molecule has 0 fully saturated rings. The van der Waals surface area contributed by atoms with E-state index < -0.39 is 0 Å². The SMILES string of the molecule is CCOc1ccc(-c2c(C)[nH]c3c(-c4ccccc4)c(-c4ccccc4)nn3c2=O)cc1. The Balaban J connectivity index is 1.77. The van der Waals surface area contributed by atoms with Gasteiger partial charge in [-0.1, -0.05) is 72.8 Å². The minimum absolute atomic E-state index is 0.153. The number of nitrogens with one attached hydrogen (secondary N) is 1. The monoisotopic (exact) mass is 421 g/mol. The maximum atomic E-state index is 13.6. The van der Waals surface area contributed by atoms with Crippen LogP contribution in [-0.4, -0.2) is 21.2 Å². The van der Waals surface area contributed by atoms with Crippen LogP contribution in [0.5, 0.6) is 5.75 Å². The molecular weight excluding hydrogens is 398 g/mol. The molecule has 2 aromatic heterocycles. The number of hydrogen-bond donors (Lipinski definition) is 1. The van der Waals surface area contributed by atoms with Gasteiger partial charge in [0.15, 0.2) is 0 Å². The number of rotatable bonds is 5. The molecule has 0 saturated heterocycles. The molecule has 1 N–H and O–H groups in total. The molecule has 0 amide bonds. The Labute approximate surface area is 185 Å². The summed E-state index contributed by atoms with van der Waals surface area (Å²) in [5.41, 5.74) is 6.40. The first kappa shape index (κ1) is 19.8. The zero-order valence-electron chi connectivity index (χ0n) is 18.0. The molecule has 32 heavy (non-hydrogen) atoms. The molecule has 2 heterocycles. The number of nitrogens with zero attached hydrogens (tertiary/aromatic N) is 2. The molecule has 0 aliphatic rings. The van der Waals surface area contributed by atoms with E-state index in [0.717, 1.165) is 39.4 Å². The minimum atomic E-state index is -0.153. The van der Waals surface area contributed by atoms with Crippen molar-refractivity contribution in [2.24, 2.45) is 0 Å². The molecule has 158 valence electrons. The van der Waals surface area contributed by atoms with E-state index in [9.17, 15) is 4.79 Å². The van der Waals surface area contributed by atoms with Gasteiger partial charge in [0, 0.05) is 11.3 Å². The van der Waals surface area contributed by atoms with Gasteiger partial charge in [-0.05, 0) is 37.1 Å². The summed E-state index contributed by atoms with van der Waals surface area (Å²) in [7, 11) is 0. The fraction of sp³-hybridized carbons (Fsp3) is 0.111. The number of aromatic amines is 1. The van der Waals surface area contributed by atoms with E-state index in [2.05, 4.69) is 4.98 Å². The van der Waals surface area contributed by atoms with Gasteiger partial charge in [0.2, 0.25) is 0 Å². The van der Waals surface area contributed by atoms with Crippen LogP contribution >= 0.6 is 0 Å². The van der Waals surface area contributed by atoms with E-state index in [0.29, 0.717) is 17.8 Å². The lowest BCUT2D eigenvalue weighted by molar-refractivity contribution is 0.340. The minimum Gasteiger partial charge on any atom is -0.494 e. The van der Waals surface area contributed by atoms with Crippen LogP contribution in [0, 0.1) is 6.92 Å². The van der Waals surface area contributed by atoms with E-state index >= 15 is 0 Å². The van der Waals surface area contributed by atoms with E-state index in [1.807, 2.05) is 98.8 Å². The standard InChI is InChI=1S/C27H23N3O2/c1-3-32-22-16-14-20(15-17-22)23-18(2)28-26-24(19-10-6-4-7-11-19)25(29-30(26)27(23)31)21-12-8-5-9-13-21/h4-17,28H,3H2,1-2H3. The maximum Gasteiger partial charge on any atom is 0.282 e. The van der Waals surface area contributed by atoms with Crippen molar-refractivity contribution in [2.75, 3.05) is 6.61 Å². The Kier molecular flexibility index (Phi) is 5.07. The first-order chi connectivity index (χ1) is 15.7. The average molecular weight is 422 g/mol. The molecule has 5 nitrogen and oxygen atoms in total. The Morgan fingerprint density at radius 2 is 1.41 bits per heavy atom. The average Bonchev–Trinajstić information content (AvgIpc) is 3.21. The zero-order valence-corrected chi connectivity index (χ0v) is 18.0. The lowest BCUT2D eigenvalue weighted by Gasteiger charge is -2.09. The quantitative estimate of drug-likeness (QED) is 0.394. The molecule has 5 aromatic rings. The summed E-state index contributed by atoms with van der Waals surface area (Å²) in [6, 6.07) is 27.6. The molecule has 5 heteroatoms. The summed E-state index contributed by atoms with van der Waals surface area (Å²) in [4.78, 5) is 17.1. The first-order valence-corrected chi connectivity index (χ1v) is 10.7. The molecule has 0 unspecified atom stereocenters. The summed E-state index contributed by atoms with van der Waals surface area (Å²) in [6.45, 7) is 4.48. The predicted octanol–water partition coefficient (Wildman–Crippen LogP) is 5.73. The van der Waals surface area contributed by atoms with Gasteiger partial charge in [0.25, 0.3) is 5.56 Å². The number of hydrogen-bond acceptors (Lipinski definition) is 3. The van der Waals surface area contributed by atoms with Crippen molar-refractivity contribution in [1.82, 2.24) is 14.6 Å². The molecule has 0 atom stereocenters. The van der Waals surface area contributed by atoms with Crippen molar-refractivity contribution in [3.63, 3.8) is 0 Å². The van der Waals surface area contributed by atoms with Gasteiger partial charge in [0.1, 0.15) is 17.1 Å². The number of fused-ring (bicyclic) bond motifs is 1. The van der Waals surface area contributed by atoms with Gasteiger partial charge in [-0.2, -0.15) is 9.61 Å². The van der Waals surface area contributed by atoms with Crippen molar-refractivity contribution in [1.29, 1.82) is 0 Å². The lowest BCUT2D eigenvalue weighted by Crippen LogP contribution is -2.19. The maximum absolute atomic E-state index is 13.6. The highest BCUT2D eigenvalue weighted by molar-refractivity contribution is 5.91. The molecule has 0 radical (unpaired) electrons. The van der Waals surface area contributed by atoms with Crippen molar-refractivity contribution < 1.29 is 4.74 Å². The molecule has 3 aromatic carbocycles. The van der Waals surface area contributed by atoms with Gasteiger partial charge in [-0.25, -0.2) is 0 Å². The first-order valence-electron chi connectivity index (χ1n) is 10.7. The van der Waals surface area contributed by atoms with Crippen molar-refractivity contribution in [3.05, 3.63) is 101 Å². The molecule has 0 aliphatic heterocycles. The number of ether oxygens (including phenoxy) is 1. The number of benzene rings is 3. The fourth-order valence-electron chi connectivity index (χ4n) is 4.09. The summed E-state index contributed by atoms with van der Waals surface area (Å²) in [5.74, 6) is 0.781. The number of aromatic nitrogens is 3. The van der Waals surface area contributed by atoms with Crippen LogP contribution < -0.4 is 10.3 Å². The van der Waals surface area contributed by atoms with Gasteiger partial charge in [-0.3, -0.25) is 4.79 Å². The Hall–Kier alpha value is -4.12. The largest absolute Gasteiger partial charge is 0.494 e. The van der Waals surface area contributed by atoms with Gasteiger partial charge >= 0.3 is 0 Å². The van der Waals surface area contributed by atoms with Gasteiger partial charge < -0.3 is 9.72 Å². The van der Waals surface area contributed by atoms with Crippen LogP contribution in [0.3, 0.4) is 0 Å². The molecule has 0 bridgehead atoms. The van der Waals surface area contributed by atoms with Crippen LogP contribution in [0.25, 0.3) is 39.2 Å². The predicted molar refractivity (Wildman–Crippen MR) is 128 cm³/mol. The second kappa shape index (κ2) is 8.19. The zero-order chi connectivity index (χ0) is 22.1. The van der Waals surface area contributed by atoms with Crippen molar-refractivity contribution in [3.8, 4) is 39.3 Å². The van der Waals surface area contributed by atoms with Crippen molar-refractivity contribution >= 4 is 5.65 Å². The van der Waals surface area contributed by atoms with Gasteiger partial charge in [-0.15, -0.1) is 0 Å². The normalized spacial score (nSPS) is 11.1. The Bertz CT molecular complexity index is 1430. The summed E-state index contributed by atoms with van der Waals surface area (Å²) in [6.07, 6.45) is 0. The second-order valence-corrected chi connectivity index (χ2v) is 7.60. The van der Waals surface area contributed by atoms with E-state index in [1.54, 1.807) is 0 Å². The van der Waals surface area contributed by atoms with Crippen LogP contribution in [-0.2, 0) is 0 Å². The summed E-state index contributed by atoms with van der Waals surface area (Å²) >= 11 is 0. The Morgan fingerprint density at radius 3 is 2.03 bits per heavy atom. The molecule has 0 aliphatic carbocycles. The van der Waals surface area contributed by atoms with Crippen LogP contribution in [0.4, 0.5) is 0 Å². The van der Waals surface area contributed by atoms with Gasteiger partial charge in [0.05, 0.1) is 17.7 Å². The van der Waals surface area contributed by atoms with E-state index in [1.165, 1.54) is 4.52 Å². The Morgan fingerprint density at radius 1 is 0.812 bits per heavy atom. The lowest BCUT2D eigenvalue weighted by atomic mass is 10.0. The van der Waals surface area contributed by atoms with E-state index in [4.69, 9.17) is 9.84 Å². The van der Waals surface area contributed by atoms with Crippen LogP contribution in [0.15, 0.2) is 89.7 Å². The summed E-state index contributed by atoms with van der Waals surface area (Å²) in [5, 5.41) is 4.78. The fourth-order valence-corrected chi connectivity index (χ4v) is 4.09. The van der Waals surface area contributed by atoms with E-state index in [-0.39, 0.29) is 5.56 Å². The summed E-state index contributed by atoms with van der Waals surface area (Å²) < 4.78 is 7.03.